The molecule has 3 heteroatoms. The van der Waals surface area contributed by atoms with E-state index in [1.54, 1.807) is 7.11 Å². The standard InChI is InChI=1S/C9H18O3/c1-6-7(2)12-8(10)5-9(6,3)11-4/h6-8,10H,5H2,1-4H3/t6-,7?,8+,9+/m0/s1. The van der Waals surface area contributed by atoms with Crippen molar-refractivity contribution in [2.45, 2.75) is 45.2 Å². The monoisotopic (exact) mass is 174 g/mol. The van der Waals surface area contributed by atoms with Gasteiger partial charge in [-0.1, -0.05) is 6.92 Å². The molecule has 1 aliphatic rings. The number of rotatable bonds is 1. The Hall–Kier alpha value is -0.120. The van der Waals surface area contributed by atoms with Gasteiger partial charge in [-0.15, -0.1) is 0 Å². The van der Waals surface area contributed by atoms with Crippen LogP contribution in [0.3, 0.4) is 0 Å². The molecule has 0 saturated carbocycles. The molecular formula is C9H18O3. The van der Waals surface area contributed by atoms with Crippen molar-refractivity contribution in [1.29, 1.82) is 0 Å². The molecule has 0 amide bonds. The topological polar surface area (TPSA) is 38.7 Å². The van der Waals surface area contributed by atoms with Crippen molar-refractivity contribution in [2.75, 3.05) is 7.11 Å². The highest BCUT2D eigenvalue weighted by molar-refractivity contribution is 4.89. The van der Waals surface area contributed by atoms with Gasteiger partial charge in [-0.05, 0) is 13.8 Å². The summed E-state index contributed by atoms with van der Waals surface area (Å²) in [6.07, 6.45) is -0.0745. The summed E-state index contributed by atoms with van der Waals surface area (Å²) in [5.41, 5.74) is -0.253. The molecule has 1 fully saturated rings. The maximum absolute atomic E-state index is 9.36. The summed E-state index contributed by atoms with van der Waals surface area (Å²) < 4.78 is 10.7. The molecule has 0 radical (unpaired) electrons. The van der Waals surface area contributed by atoms with Crippen LogP contribution in [0.4, 0.5) is 0 Å². The van der Waals surface area contributed by atoms with E-state index in [0.29, 0.717) is 12.3 Å². The molecule has 1 heterocycles. The second kappa shape index (κ2) is 3.32. The average Bonchev–Trinajstić information content (AvgIpc) is 2.00. The van der Waals surface area contributed by atoms with Crippen LogP contribution in [0.2, 0.25) is 0 Å². The molecule has 3 nitrogen and oxygen atoms in total. The van der Waals surface area contributed by atoms with E-state index in [9.17, 15) is 5.11 Å². The van der Waals surface area contributed by atoms with Crippen LogP contribution in [0.1, 0.15) is 27.2 Å². The molecule has 1 unspecified atom stereocenters. The molecular weight excluding hydrogens is 156 g/mol. The van der Waals surface area contributed by atoms with Gasteiger partial charge in [0, 0.05) is 19.4 Å². The van der Waals surface area contributed by atoms with Crippen molar-refractivity contribution >= 4 is 0 Å². The summed E-state index contributed by atoms with van der Waals surface area (Å²) in [5.74, 6) is 0.311. The Morgan fingerprint density at radius 2 is 2.08 bits per heavy atom. The highest BCUT2D eigenvalue weighted by Gasteiger charge is 2.42. The molecule has 0 aliphatic carbocycles. The zero-order chi connectivity index (χ0) is 9.35. The van der Waals surface area contributed by atoms with Gasteiger partial charge in [-0.2, -0.15) is 0 Å². The predicted octanol–water partition coefficient (Wildman–Crippen LogP) is 1.15. The Kier molecular flexibility index (Phi) is 2.76. The van der Waals surface area contributed by atoms with Crippen LogP contribution in [0.15, 0.2) is 0 Å². The normalized spacial score (nSPS) is 49.2. The van der Waals surface area contributed by atoms with Gasteiger partial charge in [0.25, 0.3) is 0 Å². The molecule has 1 aliphatic heterocycles. The molecule has 0 spiro atoms. The van der Waals surface area contributed by atoms with Gasteiger partial charge < -0.3 is 14.6 Å². The van der Waals surface area contributed by atoms with E-state index >= 15 is 0 Å². The Bertz CT molecular complexity index is 160. The summed E-state index contributed by atoms with van der Waals surface area (Å²) in [5, 5.41) is 9.36. The first-order valence-electron chi connectivity index (χ1n) is 4.38. The Labute approximate surface area is 73.7 Å². The van der Waals surface area contributed by atoms with Gasteiger partial charge in [0.1, 0.15) is 0 Å². The summed E-state index contributed by atoms with van der Waals surface area (Å²) in [6, 6.07) is 0. The maximum atomic E-state index is 9.36. The third-order valence-corrected chi connectivity index (χ3v) is 3.09. The van der Waals surface area contributed by atoms with Gasteiger partial charge in [-0.25, -0.2) is 0 Å². The summed E-state index contributed by atoms with van der Waals surface area (Å²) in [6.45, 7) is 6.06. The van der Waals surface area contributed by atoms with E-state index in [1.807, 2.05) is 13.8 Å². The fraction of sp³-hybridized carbons (Fsp3) is 1.00. The highest BCUT2D eigenvalue weighted by Crippen LogP contribution is 2.35. The minimum absolute atomic E-state index is 0.0544. The number of methoxy groups -OCH3 is 1. The summed E-state index contributed by atoms with van der Waals surface area (Å²) >= 11 is 0. The van der Waals surface area contributed by atoms with Crippen molar-refractivity contribution in [3.8, 4) is 0 Å². The van der Waals surface area contributed by atoms with Crippen molar-refractivity contribution < 1.29 is 14.6 Å². The van der Waals surface area contributed by atoms with Gasteiger partial charge in [-0.3, -0.25) is 0 Å². The maximum Gasteiger partial charge on any atom is 0.157 e. The number of aliphatic hydroxyl groups is 1. The highest BCUT2D eigenvalue weighted by atomic mass is 16.6. The zero-order valence-electron chi connectivity index (χ0n) is 8.20. The van der Waals surface area contributed by atoms with Gasteiger partial charge in [0.2, 0.25) is 0 Å². The van der Waals surface area contributed by atoms with E-state index < -0.39 is 6.29 Å². The van der Waals surface area contributed by atoms with Gasteiger partial charge in [0.05, 0.1) is 11.7 Å². The van der Waals surface area contributed by atoms with Crippen LogP contribution in [-0.4, -0.2) is 30.2 Å². The molecule has 1 rings (SSSR count). The molecule has 12 heavy (non-hydrogen) atoms. The van der Waals surface area contributed by atoms with Crippen molar-refractivity contribution in [3.05, 3.63) is 0 Å². The lowest BCUT2D eigenvalue weighted by molar-refractivity contribution is -0.241. The molecule has 0 aromatic rings. The van der Waals surface area contributed by atoms with E-state index in [4.69, 9.17) is 9.47 Å². The predicted molar refractivity (Wildman–Crippen MR) is 45.7 cm³/mol. The zero-order valence-corrected chi connectivity index (χ0v) is 8.20. The van der Waals surface area contributed by atoms with Crippen LogP contribution >= 0.6 is 0 Å². The largest absolute Gasteiger partial charge is 0.378 e. The molecule has 0 aromatic carbocycles. The minimum Gasteiger partial charge on any atom is -0.378 e. The lowest BCUT2D eigenvalue weighted by Crippen LogP contribution is -2.50. The van der Waals surface area contributed by atoms with Crippen molar-refractivity contribution in [3.63, 3.8) is 0 Å². The van der Waals surface area contributed by atoms with E-state index in [2.05, 4.69) is 6.92 Å². The second-order valence-electron chi connectivity index (χ2n) is 3.81. The second-order valence-corrected chi connectivity index (χ2v) is 3.81. The Morgan fingerprint density at radius 3 is 2.58 bits per heavy atom. The molecule has 72 valence electrons. The quantitative estimate of drug-likeness (QED) is 0.648. The van der Waals surface area contributed by atoms with Crippen LogP contribution in [0.5, 0.6) is 0 Å². The lowest BCUT2D eigenvalue weighted by Gasteiger charge is -2.44. The number of aliphatic hydroxyl groups excluding tert-OH is 1. The number of hydrogen-bond acceptors (Lipinski definition) is 3. The first-order valence-corrected chi connectivity index (χ1v) is 4.38. The average molecular weight is 174 g/mol. The van der Waals surface area contributed by atoms with Gasteiger partial charge in [0.15, 0.2) is 6.29 Å². The molecule has 4 atom stereocenters. The molecule has 1 saturated heterocycles. The van der Waals surface area contributed by atoms with Crippen LogP contribution in [-0.2, 0) is 9.47 Å². The smallest absolute Gasteiger partial charge is 0.157 e. The van der Waals surface area contributed by atoms with E-state index in [1.165, 1.54) is 0 Å². The number of hydrogen-bond donors (Lipinski definition) is 1. The minimum atomic E-state index is -0.679. The van der Waals surface area contributed by atoms with E-state index in [-0.39, 0.29) is 11.7 Å². The lowest BCUT2D eigenvalue weighted by atomic mass is 9.81. The van der Waals surface area contributed by atoms with Crippen LogP contribution < -0.4 is 0 Å². The first-order chi connectivity index (χ1) is 5.49. The SMILES string of the molecule is CO[C@]1(C)C[C@H](O)OC(C)[C@@H]1C. The fourth-order valence-corrected chi connectivity index (χ4v) is 1.71. The molecule has 0 bridgehead atoms. The summed E-state index contributed by atoms with van der Waals surface area (Å²) in [4.78, 5) is 0. The third-order valence-electron chi connectivity index (χ3n) is 3.09. The van der Waals surface area contributed by atoms with Crippen molar-refractivity contribution in [1.82, 2.24) is 0 Å². The van der Waals surface area contributed by atoms with Crippen molar-refractivity contribution in [2.24, 2.45) is 5.92 Å². The Balaban J connectivity index is 2.72. The van der Waals surface area contributed by atoms with Crippen LogP contribution in [0, 0.1) is 5.92 Å². The molecule has 1 N–H and O–H groups in total. The summed E-state index contributed by atoms with van der Waals surface area (Å²) in [7, 11) is 1.68. The molecule has 0 aromatic heterocycles. The van der Waals surface area contributed by atoms with Crippen LogP contribution in [0.25, 0.3) is 0 Å². The Morgan fingerprint density at radius 1 is 1.50 bits per heavy atom. The van der Waals surface area contributed by atoms with Gasteiger partial charge >= 0.3 is 0 Å². The fourth-order valence-electron chi connectivity index (χ4n) is 1.71. The third kappa shape index (κ3) is 1.63. The van der Waals surface area contributed by atoms with E-state index in [0.717, 1.165) is 0 Å². The number of ether oxygens (including phenoxy) is 2. The first kappa shape index (κ1) is 9.96.